The standard InChI is InChI=1S/C19H14F5N7O/c1-9-6-12(17(21)22)31(30-9)14-7-13(25-8-26-14)27-18-16(32-19(23)24)15(28-29-18)10-2-4-11(20)5-3-10/h2-8,17,19H,1H3,(H2,25,26,27,28,29). The van der Waals surface area contributed by atoms with E-state index in [0.29, 0.717) is 11.3 Å². The van der Waals surface area contributed by atoms with Crippen molar-refractivity contribution >= 4 is 11.6 Å². The van der Waals surface area contributed by atoms with Crippen molar-refractivity contribution in [2.75, 3.05) is 5.32 Å². The van der Waals surface area contributed by atoms with Crippen LogP contribution in [0.2, 0.25) is 0 Å². The van der Waals surface area contributed by atoms with Crippen LogP contribution in [-0.4, -0.2) is 36.6 Å². The third-order valence-corrected chi connectivity index (χ3v) is 4.26. The molecular formula is C19H14F5N7O. The number of ether oxygens (including phenoxy) is 1. The van der Waals surface area contributed by atoms with E-state index in [4.69, 9.17) is 0 Å². The van der Waals surface area contributed by atoms with Crippen LogP contribution in [0.25, 0.3) is 17.1 Å². The van der Waals surface area contributed by atoms with Crippen LogP contribution in [-0.2, 0) is 0 Å². The average Bonchev–Trinajstić information content (AvgIpc) is 3.32. The summed E-state index contributed by atoms with van der Waals surface area (Å²) >= 11 is 0. The van der Waals surface area contributed by atoms with Gasteiger partial charge in [-0.2, -0.15) is 19.0 Å². The highest BCUT2D eigenvalue weighted by atomic mass is 19.3. The van der Waals surface area contributed by atoms with E-state index in [1.807, 2.05) is 0 Å². The fraction of sp³-hybridized carbons (Fsp3) is 0.158. The molecule has 4 aromatic rings. The zero-order valence-electron chi connectivity index (χ0n) is 16.2. The van der Waals surface area contributed by atoms with Crippen molar-refractivity contribution < 1.29 is 26.7 Å². The van der Waals surface area contributed by atoms with Gasteiger partial charge in [-0.1, -0.05) is 0 Å². The van der Waals surface area contributed by atoms with Gasteiger partial charge in [0.1, 0.15) is 29.4 Å². The molecule has 13 heteroatoms. The van der Waals surface area contributed by atoms with Crippen LogP contribution in [0.4, 0.5) is 33.6 Å². The van der Waals surface area contributed by atoms with Crippen molar-refractivity contribution in [3.05, 3.63) is 59.9 Å². The summed E-state index contributed by atoms with van der Waals surface area (Å²) in [6, 6.07) is 7.53. The number of nitrogens with zero attached hydrogens (tertiary/aromatic N) is 5. The average molecular weight is 451 g/mol. The Morgan fingerprint density at radius 3 is 2.50 bits per heavy atom. The number of aryl methyl sites for hydroxylation is 1. The van der Waals surface area contributed by atoms with Crippen LogP contribution in [0.1, 0.15) is 17.8 Å². The first kappa shape index (κ1) is 21.2. The van der Waals surface area contributed by atoms with Gasteiger partial charge in [-0.15, -0.1) is 0 Å². The van der Waals surface area contributed by atoms with Gasteiger partial charge in [0.15, 0.2) is 17.4 Å². The maximum absolute atomic E-state index is 13.3. The summed E-state index contributed by atoms with van der Waals surface area (Å²) in [5, 5.41) is 13.2. The van der Waals surface area contributed by atoms with Gasteiger partial charge >= 0.3 is 6.61 Å². The monoisotopic (exact) mass is 451 g/mol. The zero-order chi connectivity index (χ0) is 22.8. The molecule has 0 aliphatic heterocycles. The lowest BCUT2D eigenvalue weighted by atomic mass is 10.1. The minimum Gasteiger partial charge on any atom is -0.428 e. The van der Waals surface area contributed by atoms with E-state index in [9.17, 15) is 22.0 Å². The van der Waals surface area contributed by atoms with Crippen molar-refractivity contribution in [2.24, 2.45) is 0 Å². The molecule has 166 valence electrons. The van der Waals surface area contributed by atoms with Gasteiger partial charge in [0.2, 0.25) is 0 Å². The van der Waals surface area contributed by atoms with Crippen LogP contribution in [0.3, 0.4) is 0 Å². The third-order valence-electron chi connectivity index (χ3n) is 4.26. The SMILES string of the molecule is Cc1cc(C(F)F)n(-c2cc(Nc3n[nH]c(-c4ccc(F)cc4)c3OC(F)F)ncn2)n1. The second-order valence-electron chi connectivity index (χ2n) is 6.47. The molecule has 0 saturated heterocycles. The Hall–Kier alpha value is -4.03. The maximum Gasteiger partial charge on any atom is 0.387 e. The third kappa shape index (κ3) is 4.36. The van der Waals surface area contributed by atoms with Crippen LogP contribution < -0.4 is 10.1 Å². The molecule has 0 spiro atoms. The van der Waals surface area contributed by atoms with Crippen molar-refractivity contribution in [3.63, 3.8) is 0 Å². The van der Waals surface area contributed by atoms with E-state index in [2.05, 4.69) is 35.3 Å². The summed E-state index contributed by atoms with van der Waals surface area (Å²) in [4.78, 5) is 7.90. The van der Waals surface area contributed by atoms with E-state index < -0.39 is 18.9 Å². The van der Waals surface area contributed by atoms with Crippen molar-refractivity contribution in [1.82, 2.24) is 29.9 Å². The largest absolute Gasteiger partial charge is 0.428 e. The molecule has 8 nitrogen and oxygen atoms in total. The molecule has 2 N–H and O–H groups in total. The molecule has 0 radical (unpaired) electrons. The van der Waals surface area contributed by atoms with E-state index in [1.165, 1.54) is 24.3 Å². The quantitative estimate of drug-likeness (QED) is 0.393. The fourth-order valence-corrected chi connectivity index (χ4v) is 2.94. The number of hydrogen-bond acceptors (Lipinski definition) is 6. The van der Waals surface area contributed by atoms with Crippen LogP contribution in [0.5, 0.6) is 5.75 Å². The topological polar surface area (TPSA) is 93.5 Å². The van der Waals surface area contributed by atoms with E-state index in [-0.39, 0.29) is 34.6 Å². The van der Waals surface area contributed by atoms with Gasteiger partial charge in [-0.3, -0.25) is 5.10 Å². The molecule has 0 saturated carbocycles. The molecule has 0 fully saturated rings. The first-order chi connectivity index (χ1) is 15.3. The van der Waals surface area contributed by atoms with Crippen molar-refractivity contribution in [2.45, 2.75) is 20.0 Å². The maximum atomic E-state index is 13.3. The zero-order valence-corrected chi connectivity index (χ0v) is 16.2. The summed E-state index contributed by atoms with van der Waals surface area (Å²) in [6.45, 7) is -1.62. The first-order valence-electron chi connectivity index (χ1n) is 9.05. The Morgan fingerprint density at radius 1 is 1.06 bits per heavy atom. The van der Waals surface area contributed by atoms with Crippen LogP contribution in [0, 0.1) is 12.7 Å². The number of nitrogens with one attached hydrogen (secondary N) is 2. The summed E-state index contributed by atoms with van der Waals surface area (Å²) < 4.78 is 71.4. The van der Waals surface area contributed by atoms with Crippen molar-refractivity contribution in [3.8, 4) is 22.8 Å². The number of aromatic amines is 1. The molecule has 3 aromatic heterocycles. The Labute approximate surface area is 177 Å². The summed E-state index contributed by atoms with van der Waals surface area (Å²) in [5.74, 6) is -0.917. The van der Waals surface area contributed by atoms with Crippen LogP contribution >= 0.6 is 0 Å². The Balaban J connectivity index is 1.69. The first-order valence-corrected chi connectivity index (χ1v) is 9.05. The lowest BCUT2D eigenvalue weighted by molar-refractivity contribution is -0.0489. The second-order valence-corrected chi connectivity index (χ2v) is 6.47. The molecule has 0 amide bonds. The molecule has 0 atom stereocenters. The molecule has 3 heterocycles. The number of halogens is 5. The highest BCUT2D eigenvalue weighted by Crippen LogP contribution is 2.37. The predicted molar refractivity (Wildman–Crippen MR) is 103 cm³/mol. The number of alkyl halides is 4. The van der Waals surface area contributed by atoms with Crippen LogP contribution in [0.15, 0.2) is 42.7 Å². The Bertz CT molecular complexity index is 1220. The number of H-pyrrole nitrogens is 1. The number of hydrogen-bond donors (Lipinski definition) is 2. The predicted octanol–water partition coefficient (Wildman–Crippen LogP) is 4.78. The minimum absolute atomic E-state index is 0.0246. The molecular weight excluding hydrogens is 437 g/mol. The molecule has 0 bridgehead atoms. The number of rotatable bonds is 7. The molecule has 0 aliphatic rings. The molecule has 0 unspecified atom stereocenters. The van der Waals surface area contributed by atoms with Gasteiger partial charge in [0, 0.05) is 11.6 Å². The van der Waals surface area contributed by atoms with Crippen molar-refractivity contribution in [1.29, 1.82) is 0 Å². The smallest absolute Gasteiger partial charge is 0.387 e. The van der Waals surface area contributed by atoms with Gasteiger partial charge in [0.25, 0.3) is 6.43 Å². The summed E-state index contributed by atoms with van der Waals surface area (Å²) in [6.07, 6.45) is -1.70. The fourth-order valence-electron chi connectivity index (χ4n) is 2.94. The summed E-state index contributed by atoms with van der Waals surface area (Å²) in [7, 11) is 0. The second kappa shape index (κ2) is 8.61. The highest BCUT2D eigenvalue weighted by Gasteiger charge is 2.22. The number of anilines is 2. The lowest BCUT2D eigenvalue weighted by Crippen LogP contribution is -2.07. The lowest BCUT2D eigenvalue weighted by Gasteiger charge is -2.10. The van der Waals surface area contributed by atoms with Gasteiger partial charge < -0.3 is 10.1 Å². The molecule has 0 aliphatic carbocycles. The molecule has 4 rings (SSSR count). The van der Waals surface area contributed by atoms with Gasteiger partial charge in [0.05, 0.1) is 5.69 Å². The Morgan fingerprint density at radius 2 is 1.81 bits per heavy atom. The highest BCUT2D eigenvalue weighted by molar-refractivity contribution is 5.75. The van der Waals surface area contributed by atoms with E-state index in [0.717, 1.165) is 23.1 Å². The summed E-state index contributed by atoms with van der Waals surface area (Å²) in [5.41, 5.74) is 0.411. The Kier molecular flexibility index (Phi) is 5.71. The molecule has 32 heavy (non-hydrogen) atoms. The van der Waals surface area contributed by atoms with E-state index >= 15 is 0 Å². The normalized spacial score (nSPS) is 11.4. The minimum atomic E-state index is -3.17. The van der Waals surface area contributed by atoms with Gasteiger partial charge in [-0.25, -0.2) is 27.8 Å². The van der Waals surface area contributed by atoms with E-state index in [1.54, 1.807) is 6.92 Å². The van der Waals surface area contributed by atoms with Gasteiger partial charge in [-0.05, 0) is 37.3 Å². The number of benzene rings is 1. The molecule has 1 aromatic carbocycles. The number of aromatic nitrogens is 6.